The third-order valence-corrected chi connectivity index (χ3v) is 8.72. The summed E-state index contributed by atoms with van der Waals surface area (Å²) in [5.74, 6) is -1.33. The summed E-state index contributed by atoms with van der Waals surface area (Å²) in [6, 6.07) is 9.33. The normalized spacial score (nSPS) is 36.2. The summed E-state index contributed by atoms with van der Waals surface area (Å²) in [6.07, 6.45) is 5.07. The second-order valence-electron chi connectivity index (χ2n) is 11.9. The molecule has 1 heterocycles. The topological polar surface area (TPSA) is 102 Å². The first-order valence-corrected chi connectivity index (χ1v) is 13.6. The Hall–Kier alpha value is -2.77. The first-order valence-electron chi connectivity index (χ1n) is 13.6. The minimum atomic E-state index is -1.12. The molecule has 0 amide bonds. The molecule has 1 aromatic carbocycles. The van der Waals surface area contributed by atoms with E-state index in [4.69, 9.17) is 14.2 Å². The van der Waals surface area contributed by atoms with E-state index in [1.165, 1.54) is 13.0 Å². The van der Waals surface area contributed by atoms with Gasteiger partial charge in [-0.25, -0.2) is 4.79 Å². The fraction of sp³-hybridized carbons (Fsp3) is 0.581. The zero-order valence-corrected chi connectivity index (χ0v) is 23.0. The van der Waals surface area contributed by atoms with Crippen molar-refractivity contribution < 1.29 is 33.7 Å². The van der Waals surface area contributed by atoms with E-state index in [-0.39, 0.29) is 41.8 Å². The van der Waals surface area contributed by atoms with Gasteiger partial charge in [0, 0.05) is 31.8 Å². The number of Topliss-reactive ketones (excluding diaryl/α,β-unsaturated/α-hetero) is 1. The minimum Gasteiger partial charge on any atom is -0.465 e. The van der Waals surface area contributed by atoms with Gasteiger partial charge in [0.25, 0.3) is 0 Å². The number of allylic oxidation sites excluding steroid dienone is 1. The van der Waals surface area contributed by atoms with Crippen molar-refractivity contribution in [3.63, 3.8) is 0 Å². The maximum absolute atomic E-state index is 13.6. The van der Waals surface area contributed by atoms with Crippen LogP contribution in [0.2, 0.25) is 0 Å². The van der Waals surface area contributed by atoms with Crippen LogP contribution < -0.4 is 0 Å². The van der Waals surface area contributed by atoms with Crippen LogP contribution in [0.4, 0.5) is 0 Å². The first kappa shape index (κ1) is 28.2. The number of ether oxygens (including phenoxy) is 3. The van der Waals surface area contributed by atoms with E-state index in [9.17, 15) is 19.5 Å². The van der Waals surface area contributed by atoms with Crippen molar-refractivity contribution in [3.05, 3.63) is 53.6 Å². The van der Waals surface area contributed by atoms with Crippen molar-refractivity contribution in [3.8, 4) is 0 Å². The second kappa shape index (κ2) is 11.1. The van der Waals surface area contributed by atoms with Gasteiger partial charge in [0.2, 0.25) is 0 Å². The second-order valence-corrected chi connectivity index (χ2v) is 11.9. The van der Waals surface area contributed by atoms with Crippen LogP contribution in [0.1, 0.15) is 65.9 Å². The van der Waals surface area contributed by atoms with E-state index in [2.05, 4.69) is 20.8 Å². The molecule has 0 unspecified atom stereocenters. The Morgan fingerprint density at radius 3 is 2.55 bits per heavy atom. The first-order chi connectivity index (χ1) is 17.9. The van der Waals surface area contributed by atoms with Crippen LogP contribution in [0.25, 0.3) is 6.08 Å². The maximum Gasteiger partial charge on any atom is 0.331 e. The molecular formula is C31H40O7. The van der Waals surface area contributed by atoms with E-state index in [1.807, 2.05) is 36.4 Å². The number of epoxide rings is 1. The van der Waals surface area contributed by atoms with E-state index in [1.54, 1.807) is 13.0 Å². The highest BCUT2D eigenvalue weighted by molar-refractivity contribution is 6.00. The Labute approximate surface area is 225 Å². The summed E-state index contributed by atoms with van der Waals surface area (Å²) < 4.78 is 17.0. The highest BCUT2D eigenvalue weighted by atomic mass is 16.6. The van der Waals surface area contributed by atoms with Gasteiger partial charge in [-0.3, -0.25) is 9.59 Å². The van der Waals surface area contributed by atoms with E-state index < -0.39 is 30.1 Å². The SMILES string of the molecule is CC(=O)OC[C@H]1C[C@H](OC(=O)/C=C/c2ccccc2)C(=O)/C(C)=C/[C@@H]2[C@H](CC[C@@]3(C)O[C@@H]3C[C@H]1O)C2(C)C. The number of carbonyl (C=O) groups is 3. The molecule has 0 radical (unpaired) electrons. The summed E-state index contributed by atoms with van der Waals surface area (Å²) in [5.41, 5.74) is 1.16. The van der Waals surface area contributed by atoms with Crippen LogP contribution in [0, 0.1) is 23.2 Å². The molecule has 4 rings (SSSR count). The Kier molecular flexibility index (Phi) is 8.29. The van der Waals surface area contributed by atoms with E-state index in [0.29, 0.717) is 17.9 Å². The van der Waals surface area contributed by atoms with Crippen molar-refractivity contribution in [1.29, 1.82) is 0 Å². The molecule has 1 N–H and O–H groups in total. The van der Waals surface area contributed by atoms with Gasteiger partial charge in [-0.15, -0.1) is 0 Å². The van der Waals surface area contributed by atoms with Crippen LogP contribution in [-0.2, 0) is 28.6 Å². The molecule has 0 bridgehead atoms. The summed E-state index contributed by atoms with van der Waals surface area (Å²) in [5, 5.41) is 11.2. The molecule has 1 aliphatic heterocycles. The predicted molar refractivity (Wildman–Crippen MR) is 143 cm³/mol. The predicted octanol–water partition coefficient (Wildman–Crippen LogP) is 4.67. The Morgan fingerprint density at radius 1 is 1.16 bits per heavy atom. The van der Waals surface area contributed by atoms with Gasteiger partial charge in [-0.1, -0.05) is 50.3 Å². The average Bonchev–Trinajstić information content (AvgIpc) is 3.67. The average molecular weight is 525 g/mol. The molecule has 1 saturated carbocycles. The van der Waals surface area contributed by atoms with Gasteiger partial charge >= 0.3 is 11.9 Å². The molecule has 7 nitrogen and oxygen atoms in total. The highest BCUT2D eigenvalue weighted by Gasteiger charge is 2.59. The van der Waals surface area contributed by atoms with Crippen molar-refractivity contribution in [2.24, 2.45) is 23.2 Å². The molecule has 0 spiro atoms. The lowest BCUT2D eigenvalue weighted by Gasteiger charge is -2.26. The van der Waals surface area contributed by atoms with Crippen molar-refractivity contribution in [2.45, 2.75) is 84.2 Å². The molecule has 7 atom stereocenters. The third-order valence-electron chi connectivity index (χ3n) is 8.72. The van der Waals surface area contributed by atoms with Crippen LogP contribution in [0.3, 0.4) is 0 Å². The maximum atomic E-state index is 13.6. The van der Waals surface area contributed by atoms with Gasteiger partial charge in [0.1, 0.15) is 0 Å². The van der Waals surface area contributed by atoms with Gasteiger partial charge in [-0.2, -0.15) is 0 Å². The molecule has 206 valence electrons. The van der Waals surface area contributed by atoms with Crippen molar-refractivity contribution in [1.82, 2.24) is 0 Å². The molecule has 38 heavy (non-hydrogen) atoms. The zero-order chi connectivity index (χ0) is 27.7. The standard InChI is InChI=1S/C31H40O7/c1-19-15-24-23(30(24,3)4)13-14-31(5)27(38-31)17-25(33)22(18-36-20(2)32)16-26(29(19)35)37-28(34)12-11-21-9-7-6-8-10-21/h6-12,15,22-27,33H,13-14,16-18H2,1-5H3/b12-11+,19-15+/t22-,23+,24-,25-,26+,27-,31-/m1/s1. The van der Waals surface area contributed by atoms with Gasteiger partial charge in [0.05, 0.1) is 24.4 Å². The van der Waals surface area contributed by atoms with Crippen LogP contribution >= 0.6 is 0 Å². The smallest absolute Gasteiger partial charge is 0.331 e. The molecule has 3 aliphatic rings. The highest BCUT2D eigenvalue weighted by Crippen LogP contribution is 2.62. The summed E-state index contributed by atoms with van der Waals surface area (Å²) in [7, 11) is 0. The summed E-state index contributed by atoms with van der Waals surface area (Å²) in [6.45, 7) is 9.49. The Bertz CT molecular complexity index is 1100. The molecule has 2 aliphatic carbocycles. The largest absolute Gasteiger partial charge is 0.465 e. The lowest BCUT2D eigenvalue weighted by Crippen LogP contribution is -2.36. The van der Waals surface area contributed by atoms with Crippen molar-refractivity contribution >= 4 is 23.8 Å². The molecule has 1 saturated heterocycles. The lowest BCUT2D eigenvalue weighted by atomic mass is 9.87. The zero-order valence-electron chi connectivity index (χ0n) is 23.0. The number of aliphatic hydroxyl groups is 1. The molecular weight excluding hydrogens is 484 g/mol. The number of aliphatic hydroxyl groups excluding tert-OH is 1. The minimum absolute atomic E-state index is 0.0320. The van der Waals surface area contributed by atoms with Gasteiger partial charge < -0.3 is 19.3 Å². The van der Waals surface area contributed by atoms with E-state index >= 15 is 0 Å². The number of hydrogen-bond donors (Lipinski definition) is 1. The lowest BCUT2D eigenvalue weighted by molar-refractivity contribution is -0.153. The van der Waals surface area contributed by atoms with Gasteiger partial charge in [0.15, 0.2) is 11.9 Å². The number of carbonyl (C=O) groups excluding carboxylic acids is 3. The summed E-state index contributed by atoms with van der Waals surface area (Å²) in [4.78, 5) is 38.0. The number of hydrogen-bond acceptors (Lipinski definition) is 7. The number of ketones is 1. The fourth-order valence-electron chi connectivity index (χ4n) is 5.89. The van der Waals surface area contributed by atoms with Gasteiger partial charge in [-0.05, 0) is 61.2 Å². The molecule has 1 aromatic rings. The Balaban J connectivity index is 1.60. The van der Waals surface area contributed by atoms with Crippen LogP contribution in [0.5, 0.6) is 0 Å². The van der Waals surface area contributed by atoms with Crippen LogP contribution in [-0.4, -0.2) is 53.3 Å². The van der Waals surface area contributed by atoms with Crippen molar-refractivity contribution in [2.75, 3.05) is 6.61 Å². The third kappa shape index (κ3) is 6.62. The number of fused-ring (bicyclic) bond motifs is 2. The molecule has 0 aromatic heterocycles. The van der Waals surface area contributed by atoms with E-state index in [0.717, 1.165) is 18.4 Å². The number of rotatable bonds is 5. The quantitative estimate of drug-likeness (QED) is 0.339. The summed E-state index contributed by atoms with van der Waals surface area (Å²) >= 11 is 0. The fourth-order valence-corrected chi connectivity index (χ4v) is 5.89. The number of esters is 2. The Morgan fingerprint density at radius 2 is 1.87 bits per heavy atom. The van der Waals surface area contributed by atoms with Crippen LogP contribution in [0.15, 0.2) is 48.1 Å². The number of benzene rings is 1. The molecule has 7 heteroatoms. The monoisotopic (exact) mass is 524 g/mol. The molecule has 2 fully saturated rings.